The predicted molar refractivity (Wildman–Crippen MR) is 126 cm³/mol. The summed E-state index contributed by atoms with van der Waals surface area (Å²) < 4.78 is 0. The van der Waals surface area contributed by atoms with E-state index < -0.39 is 0 Å². The van der Waals surface area contributed by atoms with Crippen molar-refractivity contribution in [3.8, 4) is 11.1 Å². The number of aryl methyl sites for hydroxylation is 1. The summed E-state index contributed by atoms with van der Waals surface area (Å²) in [6, 6.07) is 18.0. The molecule has 1 unspecified atom stereocenters. The number of amides is 2. The van der Waals surface area contributed by atoms with E-state index in [1.807, 2.05) is 66.6 Å². The number of hydrogen-bond donors (Lipinski definition) is 1. The molecular formula is C26H25N3O2S. The molecule has 5 rings (SSSR count). The van der Waals surface area contributed by atoms with Gasteiger partial charge in [-0.25, -0.2) is 4.98 Å². The third kappa shape index (κ3) is 4.02. The summed E-state index contributed by atoms with van der Waals surface area (Å²) in [7, 11) is 0. The zero-order valence-corrected chi connectivity index (χ0v) is 18.8. The second-order valence-electron chi connectivity index (χ2n) is 8.34. The lowest BCUT2D eigenvalue weighted by atomic mass is 10.0. The molecule has 0 saturated carbocycles. The van der Waals surface area contributed by atoms with E-state index in [-0.39, 0.29) is 17.1 Å². The van der Waals surface area contributed by atoms with Crippen molar-refractivity contribution in [3.05, 3.63) is 83.0 Å². The van der Waals surface area contributed by atoms with Crippen molar-refractivity contribution in [2.24, 2.45) is 0 Å². The van der Waals surface area contributed by atoms with Crippen LogP contribution in [-0.4, -0.2) is 34.8 Å². The van der Waals surface area contributed by atoms with Crippen molar-refractivity contribution >= 4 is 23.6 Å². The first kappa shape index (κ1) is 20.8. The minimum Gasteiger partial charge on any atom is -0.348 e. The monoisotopic (exact) mass is 443 g/mol. The number of pyridine rings is 1. The number of rotatable bonds is 5. The molecule has 3 heterocycles. The van der Waals surface area contributed by atoms with Gasteiger partial charge < -0.3 is 10.2 Å². The van der Waals surface area contributed by atoms with E-state index in [2.05, 4.69) is 11.4 Å². The molecule has 1 N–H and O–H groups in total. The minimum absolute atomic E-state index is 0.0233. The van der Waals surface area contributed by atoms with Crippen LogP contribution in [0.15, 0.2) is 65.8 Å². The van der Waals surface area contributed by atoms with Crippen molar-refractivity contribution in [3.63, 3.8) is 0 Å². The summed E-state index contributed by atoms with van der Waals surface area (Å²) in [6.45, 7) is 4.29. The average molecular weight is 444 g/mol. The van der Waals surface area contributed by atoms with E-state index in [9.17, 15) is 9.59 Å². The first-order chi connectivity index (χ1) is 15.6. The van der Waals surface area contributed by atoms with E-state index in [4.69, 9.17) is 4.98 Å². The average Bonchev–Trinajstić information content (AvgIpc) is 3.49. The zero-order chi connectivity index (χ0) is 22.1. The molecule has 1 fully saturated rings. The highest BCUT2D eigenvalue weighted by atomic mass is 32.2. The molecule has 5 nitrogen and oxygen atoms in total. The van der Waals surface area contributed by atoms with Crippen LogP contribution in [0.25, 0.3) is 11.1 Å². The number of aromatic nitrogens is 1. The Kier molecular flexibility index (Phi) is 5.70. The number of hydrogen-bond acceptors (Lipinski definition) is 4. The number of carbonyl (C=O) groups excluding carboxylic acids is 2. The number of benzene rings is 2. The molecule has 32 heavy (non-hydrogen) atoms. The van der Waals surface area contributed by atoms with Gasteiger partial charge in [0.2, 0.25) is 5.91 Å². The molecule has 2 aliphatic heterocycles. The largest absolute Gasteiger partial charge is 0.348 e. The molecule has 0 radical (unpaired) electrons. The van der Waals surface area contributed by atoms with E-state index in [1.54, 1.807) is 0 Å². The number of carbonyl (C=O) groups is 2. The molecule has 6 heteroatoms. The van der Waals surface area contributed by atoms with Crippen LogP contribution < -0.4 is 5.32 Å². The molecule has 2 aliphatic rings. The summed E-state index contributed by atoms with van der Waals surface area (Å²) in [5, 5.41) is 3.41. The van der Waals surface area contributed by atoms with Gasteiger partial charge in [0, 0.05) is 37.0 Å². The van der Waals surface area contributed by atoms with Crippen LogP contribution in [0.5, 0.6) is 0 Å². The first-order valence-electron chi connectivity index (χ1n) is 11.0. The number of fused-ring (bicyclic) bond motifs is 1. The minimum atomic E-state index is -0.310. The number of nitrogens with zero attached hydrogens (tertiary/aromatic N) is 2. The molecule has 0 aliphatic carbocycles. The van der Waals surface area contributed by atoms with Crippen LogP contribution >= 0.6 is 11.8 Å². The van der Waals surface area contributed by atoms with Gasteiger partial charge in [-0.1, -0.05) is 54.2 Å². The highest BCUT2D eigenvalue weighted by Crippen LogP contribution is 2.39. The first-order valence-corrected chi connectivity index (χ1v) is 11.9. The fraction of sp³-hybridized carbons (Fsp3) is 0.269. The van der Waals surface area contributed by atoms with Crippen LogP contribution in [0.2, 0.25) is 0 Å². The van der Waals surface area contributed by atoms with Crippen LogP contribution in [0.3, 0.4) is 0 Å². The fourth-order valence-electron chi connectivity index (χ4n) is 4.34. The van der Waals surface area contributed by atoms with Crippen molar-refractivity contribution in [1.82, 2.24) is 15.2 Å². The highest BCUT2D eigenvalue weighted by molar-refractivity contribution is 8.00. The lowest BCUT2D eigenvalue weighted by Crippen LogP contribution is -2.31. The topological polar surface area (TPSA) is 62.3 Å². The van der Waals surface area contributed by atoms with E-state index >= 15 is 0 Å². The molecule has 1 atom stereocenters. The van der Waals surface area contributed by atoms with Crippen molar-refractivity contribution in [1.29, 1.82) is 0 Å². The normalized spacial score (nSPS) is 16.0. The van der Waals surface area contributed by atoms with Gasteiger partial charge in [0.25, 0.3) is 5.91 Å². The number of thioether (sulfide) groups is 1. The summed E-state index contributed by atoms with van der Waals surface area (Å²) in [5.74, 6) is 0.137. The number of nitrogens with one attached hydrogen (secondary N) is 1. The van der Waals surface area contributed by atoms with Crippen molar-refractivity contribution < 1.29 is 9.59 Å². The Bertz CT molecular complexity index is 1170. The van der Waals surface area contributed by atoms with Crippen LogP contribution in [-0.2, 0) is 11.3 Å². The summed E-state index contributed by atoms with van der Waals surface area (Å²) in [5.41, 5.74) is 5.73. The van der Waals surface area contributed by atoms with Gasteiger partial charge in [-0.2, -0.15) is 0 Å². The van der Waals surface area contributed by atoms with Gasteiger partial charge in [-0.3, -0.25) is 9.59 Å². The van der Waals surface area contributed by atoms with E-state index in [0.717, 1.165) is 64.3 Å². The molecule has 1 saturated heterocycles. The smallest absolute Gasteiger partial charge is 0.251 e. The Balaban J connectivity index is 1.43. The van der Waals surface area contributed by atoms with E-state index in [0.29, 0.717) is 6.54 Å². The molecule has 3 aromatic rings. The molecule has 2 amide bonds. The predicted octanol–water partition coefficient (Wildman–Crippen LogP) is 4.76. The van der Waals surface area contributed by atoms with Gasteiger partial charge in [-0.15, -0.1) is 0 Å². The molecule has 2 aromatic carbocycles. The molecule has 0 spiro atoms. The Labute approximate surface area is 192 Å². The maximum atomic E-state index is 13.3. The lowest BCUT2D eigenvalue weighted by Gasteiger charge is -2.23. The van der Waals surface area contributed by atoms with Gasteiger partial charge >= 0.3 is 0 Å². The van der Waals surface area contributed by atoms with Gasteiger partial charge in [0.15, 0.2) is 0 Å². The highest BCUT2D eigenvalue weighted by Gasteiger charge is 2.29. The van der Waals surface area contributed by atoms with Crippen molar-refractivity contribution in [2.45, 2.75) is 36.6 Å². The van der Waals surface area contributed by atoms with Gasteiger partial charge in [-0.05, 0) is 54.2 Å². The Hall–Kier alpha value is -3.12. The summed E-state index contributed by atoms with van der Waals surface area (Å²) in [4.78, 5) is 32.1. The maximum absolute atomic E-state index is 13.3. The SMILES string of the molecule is Cc1cc(-c2ccc3c(c2)C(=O)NC3)cnc1SC(C(=O)N1CCCC1)c1ccccc1. The Morgan fingerprint density at radius 1 is 1.06 bits per heavy atom. The van der Waals surface area contributed by atoms with Crippen LogP contribution in [0, 0.1) is 6.92 Å². The summed E-state index contributed by atoms with van der Waals surface area (Å²) in [6.07, 6.45) is 3.98. The Morgan fingerprint density at radius 3 is 2.59 bits per heavy atom. The molecule has 1 aromatic heterocycles. The van der Waals surface area contributed by atoms with Crippen LogP contribution in [0.4, 0.5) is 0 Å². The number of likely N-dealkylation sites (tertiary alicyclic amines) is 1. The standard InChI is InChI=1S/C26H25N3O2S/c1-17-13-21(19-9-10-20-15-27-24(30)22(20)14-19)16-28-25(17)32-23(18-7-3-2-4-8-18)26(31)29-11-5-6-12-29/h2-4,7-10,13-14,16,23H,5-6,11-12,15H2,1H3,(H,27,30). The second kappa shape index (κ2) is 8.79. The second-order valence-corrected chi connectivity index (χ2v) is 9.44. The van der Waals surface area contributed by atoms with Crippen LogP contribution in [0.1, 0.15) is 45.1 Å². The quantitative estimate of drug-likeness (QED) is 0.578. The third-order valence-corrected chi connectivity index (χ3v) is 7.49. The molecule has 162 valence electrons. The maximum Gasteiger partial charge on any atom is 0.251 e. The Morgan fingerprint density at radius 2 is 1.84 bits per heavy atom. The van der Waals surface area contributed by atoms with Gasteiger partial charge in [0.1, 0.15) is 5.25 Å². The summed E-state index contributed by atoms with van der Waals surface area (Å²) >= 11 is 1.52. The molecule has 0 bridgehead atoms. The fourth-order valence-corrected chi connectivity index (χ4v) is 5.46. The lowest BCUT2D eigenvalue weighted by molar-refractivity contribution is -0.129. The third-order valence-electron chi connectivity index (χ3n) is 6.13. The molecular weight excluding hydrogens is 418 g/mol. The van der Waals surface area contributed by atoms with Crippen molar-refractivity contribution in [2.75, 3.05) is 13.1 Å². The van der Waals surface area contributed by atoms with Gasteiger partial charge in [0.05, 0.1) is 5.03 Å². The zero-order valence-electron chi connectivity index (χ0n) is 18.0. The van der Waals surface area contributed by atoms with E-state index in [1.165, 1.54) is 11.8 Å².